The SMILES string of the molecule is CCCCCc1ccc(C(=O)OC(=O)c2ccccc2)cc1. The van der Waals surface area contributed by atoms with Crippen LogP contribution in [-0.4, -0.2) is 11.9 Å². The molecule has 3 nitrogen and oxygen atoms in total. The molecule has 2 aromatic carbocycles. The fourth-order valence-electron chi connectivity index (χ4n) is 2.16. The maximum absolute atomic E-state index is 12.0. The van der Waals surface area contributed by atoms with E-state index >= 15 is 0 Å². The molecule has 3 heteroatoms. The predicted molar refractivity (Wildman–Crippen MR) is 85.9 cm³/mol. The summed E-state index contributed by atoms with van der Waals surface area (Å²) in [4.78, 5) is 23.8. The van der Waals surface area contributed by atoms with Gasteiger partial charge in [0.25, 0.3) is 0 Å². The summed E-state index contributed by atoms with van der Waals surface area (Å²) in [5.74, 6) is -1.24. The largest absolute Gasteiger partial charge is 0.386 e. The Morgan fingerprint density at radius 2 is 1.41 bits per heavy atom. The van der Waals surface area contributed by atoms with Crippen LogP contribution in [0.3, 0.4) is 0 Å². The normalized spacial score (nSPS) is 10.2. The number of ether oxygens (including phenoxy) is 1. The number of unbranched alkanes of at least 4 members (excludes halogenated alkanes) is 2. The second-order valence-corrected chi connectivity index (χ2v) is 5.20. The van der Waals surface area contributed by atoms with Gasteiger partial charge in [0.05, 0.1) is 11.1 Å². The van der Waals surface area contributed by atoms with Crippen LogP contribution in [0, 0.1) is 0 Å². The van der Waals surface area contributed by atoms with E-state index in [1.54, 1.807) is 42.5 Å². The lowest BCUT2D eigenvalue weighted by Crippen LogP contribution is -2.12. The van der Waals surface area contributed by atoms with Crippen molar-refractivity contribution in [3.8, 4) is 0 Å². The summed E-state index contributed by atoms with van der Waals surface area (Å²) in [6, 6.07) is 15.7. The van der Waals surface area contributed by atoms with Crippen LogP contribution < -0.4 is 0 Å². The van der Waals surface area contributed by atoms with E-state index < -0.39 is 11.9 Å². The van der Waals surface area contributed by atoms with Gasteiger partial charge in [-0.2, -0.15) is 0 Å². The van der Waals surface area contributed by atoms with Crippen molar-refractivity contribution in [1.29, 1.82) is 0 Å². The number of carbonyl (C=O) groups is 2. The van der Waals surface area contributed by atoms with Gasteiger partial charge in [-0.25, -0.2) is 9.59 Å². The third-order valence-corrected chi connectivity index (χ3v) is 3.45. The van der Waals surface area contributed by atoms with E-state index in [4.69, 9.17) is 4.74 Å². The van der Waals surface area contributed by atoms with Crippen molar-refractivity contribution in [2.24, 2.45) is 0 Å². The van der Waals surface area contributed by atoms with E-state index in [1.165, 1.54) is 18.4 Å². The van der Waals surface area contributed by atoms with Crippen LogP contribution in [-0.2, 0) is 11.2 Å². The molecule has 0 aliphatic rings. The number of rotatable bonds is 6. The Labute approximate surface area is 130 Å². The van der Waals surface area contributed by atoms with E-state index in [9.17, 15) is 9.59 Å². The molecule has 0 saturated heterocycles. The fraction of sp³-hybridized carbons (Fsp3) is 0.263. The van der Waals surface area contributed by atoms with Gasteiger partial charge in [-0.1, -0.05) is 50.1 Å². The first kappa shape index (κ1) is 16.0. The maximum Gasteiger partial charge on any atom is 0.346 e. The topological polar surface area (TPSA) is 43.4 Å². The number of benzene rings is 2. The quantitative estimate of drug-likeness (QED) is 0.450. The monoisotopic (exact) mass is 296 g/mol. The smallest absolute Gasteiger partial charge is 0.346 e. The van der Waals surface area contributed by atoms with E-state index in [-0.39, 0.29) is 0 Å². The van der Waals surface area contributed by atoms with Crippen molar-refractivity contribution >= 4 is 11.9 Å². The van der Waals surface area contributed by atoms with E-state index in [0.717, 1.165) is 12.8 Å². The van der Waals surface area contributed by atoms with Crippen LogP contribution in [0.25, 0.3) is 0 Å². The minimum atomic E-state index is -0.627. The Bertz CT molecular complexity index is 615. The molecule has 114 valence electrons. The molecule has 0 unspecified atom stereocenters. The summed E-state index contributed by atoms with van der Waals surface area (Å²) in [7, 11) is 0. The zero-order valence-electron chi connectivity index (χ0n) is 12.7. The molecule has 0 bridgehead atoms. The molecule has 0 atom stereocenters. The molecule has 0 heterocycles. The molecule has 0 aromatic heterocycles. The highest BCUT2D eigenvalue weighted by Gasteiger charge is 2.14. The van der Waals surface area contributed by atoms with Crippen LogP contribution in [0.15, 0.2) is 54.6 Å². The molecular formula is C19H20O3. The highest BCUT2D eigenvalue weighted by atomic mass is 16.6. The van der Waals surface area contributed by atoms with E-state index in [0.29, 0.717) is 11.1 Å². The zero-order chi connectivity index (χ0) is 15.8. The standard InChI is InChI=1S/C19H20O3/c1-2-3-5-8-15-11-13-17(14-12-15)19(21)22-18(20)16-9-6-4-7-10-16/h4,6-7,9-14H,2-3,5,8H2,1H3. The van der Waals surface area contributed by atoms with Gasteiger partial charge in [0.15, 0.2) is 0 Å². The van der Waals surface area contributed by atoms with Crippen molar-refractivity contribution in [2.75, 3.05) is 0 Å². The molecule has 0 saturated carbocycles. The summed E-state index contributed by atoms with van der Waals surface area (Å²) in [6.07, 6.45) is 4.54. The lowest BCUT2D eigenvalue weighted by Gasteiger charge is -2.05. The first-order chi connectivity index (χ1) is 10.7. The fourth-order valence-corrected chi connectivity index (χ4v) is 2.16. The van der Waals surface area contributed by atoms with Gasteiger partial charge in [0, 0.05) is 0 Å². The number of hydrogen-bond donors (Lipinski definition) is 0. The summed E-state index contributed by atoms with van der Waals surface area (Å²) < 4.78 is 4.88. The van der Waals surface area contributed by atoms with Gasteiger partial charge >= 0.3 is 11.9 Å². The third-order valence-electron chi connectivity index (χ3n) is 3.45. The number of hydrogen-bond acceptors (Lipinski definition) is 3. The predicted octanol–water partition coefficient (Wildman–Crippen LogP) is 4.42. The Kier molecular flexibility index (Phi) is 5.90. The van der Waals surface area contributed by atoms with Crippen LogP contribution in [0.4, 0.5) is 0 Å². The Hall–Kier alpha value is -2.42. The van der Waals surface area contributed by atoms with Crippen LogP contribution in [0.5, 0.6) is 0 Å². The molecule has 0 fully saturated rings. The van der Waals surface area contributed by atoms with Crippen molar-refractivity contribution in [2.45, 2.75) is 32.6 Å². The summed E-state index contributed by atoms with van der Waals surface area (Å²) in [6.45, 7) is 2.17. The minimum Gasteiger partial charge on any atom is -0.386 e. The van der Waals surface area contributed by atoms with Gasteiger partial charge in [0.1, 0.15) is 0 Å². The molecule has 2 aromatic rings. The minimum absolute atomic E-state index is 0.368. The maximum atomic E-state index is 12.0. The van der Waals surface area contributed by atoms with Crippen LogP contribution in [0.2, 0.25) is 0 Å². The molecule has 0 aliphatic carbocycles. The molecule has 0 radical (unpaired) electrons. The molecule has 0 aliphatic heterocycles. The van der Waals surface area contributed by atoms with Gasteiger partial charge in [0.2, 0.25) is 0 Å². The second-order valence-electron chi connectivity index (χ2n) is 5.20. The highest BCUT2D eigenvalue weighted by molar-refractivity contribution is 6.02. The van der Waals surface area contributed by atoms with Gasteiger partial charge in [-0.3, -0.25) is 0 Å². The lowest BCUT2D eigenvalue weighted by atomic mass is 10.1. The van der Waals surface area contributed by atoms with Crippen LogP contribution >= 0.6 is 0 Å². The molecular weight excluding hydrogens is 276 g/mol. The van der Waals surface area contributed by atoms with Gasteiger partial charge in [-0.15, -0.1) is 0 Å². The van der Waals surface area contributed by atoms with Crippen molar-refractivity contribution in [3.05, 3.63) is 71.3 Å². The van der Waals surface area contributed by atoms with Gasteiger partial charge in [-0.05, 0) is 42.7 Å². The Balaban J connectivity index is 1.94. The summed E-state index contributed by atoms with van der Waals surface area (Å²) >= 11 is 0. The molecule has 0 N–H and O–H groups in total. The summed E-state index contributed by atoms with van der Waals surface area (Å²) in [5.41, 5.74) is 1.95. The third kappa shape index (κ3) is 4.55. The number of esters is 2. The zero-order valence-corrected chi connectivity index (χ0v) is 12.7. The number of aryl methyl sites for hydroxylation is 1. The van der Waals surface area contributed by atoms with Crippen molar-refractivity contribution in [3.63, 3.8) is 0 Å². The first-order valence-corrected chi connectivity index (χ1v) is 7.61. The highest BCUT2D eigenvalue weighted by Crippen LogP contribution is 2.11. The van der Waals surface area contributed by atoms with Gasteiger partial charge < -0.3 is 4.74 Å². The number of carbonyl (C=O) groups excluding carboxylic acids is 2. The van der Waals surface area contributed by atoms with Crippen molar-refractivity contribution in [1.82, 2.24) is 0 Å². The Morgan fingerprint density at radius 1 is 0.818 bits per heavy atom. The molecule has 22 heavy (non-hydrogen) atoms. The first-order valence-electron chi connectivity index (χ1n) is 7.61. The molecule has 0 amide bonds. The van der Waals surface area contributed by atoms with E-state index in [2.05, 4.69) is 6.92 Å². The van der Waals surface area contributed by atoms with E-state index in [1.807, 2.05) is 12.1 Å². The lowest BCUT2D eigenvalue weighted by molar-refractivity contribution is 0.0398. The average molecular weight is 296 g/mol. The second kappa shape index (κ2) is 8.13. The summed E-state index contributed by atoms with van der Waals surface area (Å²) in [5, 5.41) is 0. The van der Waals surface area contributed by atoms with Crippen LogP contribution in [0.1, 0.15) is 52.5 Å². The van der Waals surface area contributed by atoms with Crippen molar-refractivity contribution < 1.29 is 14.3 Å². The molecule has 2 rings (SSSR count). The Morgan fingerprint density at radius 3 is 2.00 bits per heavy atom. The molecule has 0 spiro atoms. The average Bonchev–Trinajstić information content (AvgIpc) is 2.56.